The van der Waals surface area contributed by atoms with Gasteiger partial charge in [0.15, 0.2) is 11.5 Å². The third kappa shape index (κ3) is 7.16. The molecule has 1 aromatic carbocycles. The predicted octanol–water partition coefficient (Wildman–Crippen LogP) is 2.21. The first-order valence-corrected chi connectivity index (χ1v) is 10.9. The lowest BCUT2D eigenvalue weighted by atomic mass is 9.96. The molecule has 1 heterocycles. The van der Waals surface area contributed by atoms with Crippen LogP contribution in [0.25, 0.3) is 0 Å². The summed E-state index contributed by atoms with van der Waals surface area (Å²) in [5.41, 5.74) is -0.236. The second-order valence-corrected chi connectivity index (χ2v) is 8.69. The van der Waals surface area contributed by atoms with Gasteiger partial charge in [-0.3, -0.25) is 9.59 Å². The van der Waals surface area contributed by atoms with Crippen molar-refractivity contribution in [2.45, 2.75) is 39.2 Å². The first kappa shape index (κ1) is 26.1. The molecule has 1 aromatic rings. The fourth-order valence-electron chi connectivity index (χ4n) is 3.62. The van der Waals surface area contributed by atoms with Crippen LogP contribution in [-0.4, -0.2) is 75.9 Å². The highest BCUT2D eigenvalue weighted by Crippen LogP contribution is 2.40. The molecule has 0 aromatic heterocycles. The molecule has 2 rings (SSSR count). The van der Waals surface area contributed by atoms with Crippen molar-refractivity contribution in [1.82, 2.24) is 15.5 Å². The molecule has 1 saturated heterocycles. The Kier molecular flexibility index (Phi) is 9.19. The summed E-state index contributed by atoms with van der Waals surface area (Å²) in [6.07, 6.45) is 0.850. The third-order valence-corrected chi connectivity index (χ3v) is 5.11. The van der Waals surface area contributed by atoms with Gasteiger partial charge in [-0.15, -0.1) is 0 Å². The Balaban J connectivity index is 1.95. The highest BCUT2D eigenvalue weighted by atomic mass is 16.6. The summed E-state index contributed by atoms with van der Waals surface area (Å²) in [7, 11) is 4.45. The van der Waals surface area contributed by atoms with Crippen LogP contribution in [-0.2, 0) is 9.53 Å². The Morgan fingerprint density at radius 3 is 2.27 bits per heavy atom. The number of hydrogen-bond donors (Lipinski definition) is 2. The lowest BCUT2D eigenvalue weighted by molar-refractivity contribution is -0.126. The van der Waals surface area contributed by atoms with E-state index in [1.54, 1.807) is 37.8 Å². The Morgan fingerprint density at radius 1 is 1.00 bits per heavy atom. The quantitative estimate of drug-likeness (QED) is 0.566. The molecule has 33 heavy (non-hydrogen) atoms. The number of alkyl carbamates (subject to hydrolysis) is 1. The van der Waals surface area contributed by atoms with Gasteiger partial charge in [0.05, 0.1) is 32.8 Å². The second kappa shape index (κ2) is 11.6. The van der Waals surface area contributed by atoms with Crippen LogP contribution in [0.15, 0.2) is 12.1 Å². The topological polar surface area (TPSA) is 115 Å². The first-order chi connectivity index (χ1) is 15.6. The van der Waals surface area contributed by atoms with E-state index in [4.69, 9.17) is 18.9 Å². The second-order valence-electron chi connectivity index (χ2n) is 8.69. The summed E-state index contributed by atoms with van der Waals surface area (Å²) in [6.45, 7) is 6.69. The number of piperidine rings is 1. The average molecular weight is 466 g/mol. The standard InChI is InChI=1S/C23H35N3O7/c1-23(2,3)33-22(29)25-12-11-24-20(27)15-8-7-13-26(14-15)21(28)16-9-10-17(30-4)19(32-6)18(16)31-5/h9-10,15H,7-8,11-14H2,1-6H3,(H,24,27)(H,25,29). The molecule has 0 saturated carbocycles. The van der Waals surface area contributed by atoms with Crippen molar-refractivity contribution in [1.29, 1.82) is 0 Å². The predicted molar refractivity (Wildman–Crippen MR) is 122 cm³/mol. The molecule has 1 aliphatic heterocycles. The molecule has 1 fully saturated rings. The number of amides is 3. The summed E-state index contributed by atoms with van der Waals surface area (Å²) in [5.74, 6) is 0.364. The summed E-state index contributed by atoms with van der Waals surface area (Å²) in [5, 5.41) is 5.42. The Hall–Kier alpha value is -3.17. The molecular formula is C23H35N3O7. The zero-order chi connectivity index (χ0) is 24.6. The van der Waals surface area contributed by atoms with Crippen LogP contribution in [0.2, 0.25) is 0 Å². The van der Waals surface area contributed by atoms with E-state index in [2.05, 4.69) is 10.6 Å². The summed E-state index contributed by atoms with van der Waals surface area (Å²) >= 11 is 0. The molecule has 0 aliphatic carbocycles. The molecule has 10 heteroatoms. The van der Waals surface area contributed by atoms with Gasteiger partial charge in [0.25, 0.3) is 5.91 Å². The molecule has 3 amide bonds. The fraction of sp³-hybridized carbons (Fsp3) is 0.609. The normalized spacial score (nSPS) is 15.9. The molecular weight excluding hydrogens is 430 g/mol. The molecule has 0 spiro atoms. The van der Waals surface area contributed by atoms with Crippen molar-refractivity contribution in [3.05, 3.63) is 17.7 Å². The molecule has 1 aliphatic rings. The van der Waals surface area contributed by atoms with Crippen molar-refractivity contribution < 1.29 is 33.3 Å². The monoisotopic (exact) mass is 465 g/mol. The van der Waals surface area contributed by atoms with Gasteiger partial charge >= 0.3 is 6.09 Å². The molecule has 2 N–H and O–H groups in total. The number of nitrogens with zero attached hydrogens (tertiary/aromatic N) is 1. The van der Waals surface area contributed by atoms with Crippen molar-refractivity contribution >= 4 is 17.9 Å². The van der Waals surface area contributed by atoms with E-state index in [0.29, 0.717) is 48.7 Å². The largest absolute Gasteiger partial charge is 0.493 e. The zero-order valence-electron chi connectivity index (χ0n) is 20.3. The number of likely N-dealkylation sites (tertiary alicyclic amines) is 1. The zero-order valence-corrected chi connectivity index (χ0v) is 20.3. The van der Waals surface area contributed by atoms with Gasteiger partial charge in [-0.25, -0.2) is 4.79 Å². The number of rotatable bonds is 8. The van der Waals surface area contributed by atoms with E-state index in [1.807, 2.05) is 0 Å². The number of carbonyl (C=O) groups is 3. The van der Waals surface area contributed by atoms with Gasteiger partial charge in [-0.2, -0.15) is 0 Å². The number of carbonyl (C=O) groups excluding carboxylic acids is 3. The van der Waals surface area contributed by atoms with E-state index >= 15 is 0 Å². The minimum absolute atomic E-state index is 0.155. The number of benzene rings is 1. The van der Waals surface area contributed by atoms with E-state index in [-0.39, 0.29) is 30.8 Å². The van der Waals surface area contributed by atoms with Gasteiger partial charge in [0.1, 0.15) is 5.60 Å². The lowest BCUT2D eigenvalue weighted by Crippen LogP contribution is -2.46. The minimum Gasteiger partial charge on any atom is -0.493 e. The highest BCUT2D eigenvalue weighted by molar-refractivity contribution is 5.98. The van der Waals surface area contributed by atoms with Crippen molar-refractivity contribution in [3.63, 3.8) is 0 Å². The van der Waals surface area contributed by atoms with Crippen molar-refractivity contribution in [2.24, 2.45) is 5.92 Å². The molecule has 10 nitrogen and oxygen atoms in total. The van der Waals surface area contributed by atoms with Gasteiger partial charge in [-0.05, 0) is 45.7 Å². The Morgan fingerprint density at radius 2 is 1.67 bits per heavy atom. The van der Waals surface area contributed by atoms with E-state index < -0.39 is 11.7 Å². The molecule has 0 radical (unpaired) electrons. The van der Waals surface area contributed by atoms with Crippen LogP contribution in [0.5, 0.6) is 17.2 Å². The summed E-state index contributed by atoms with van der Waals surface area (Å²) in [4.78, 5) is 39.2. The van der Waals surface area contributed by atoms with Gasteiger partial charge in [-0.1, -0.05) is 0 Å². The van der Waals surface area contributed by atoms with Crippen molar-refractivity contribution in [3.8, 4) is 17.2 Å². The smallest absolute Gasteiger partial charge is 0.407 e. The molecule has 1 unspecified atom stereocenters. The first-order valence-electron chi connectivity index (χ1n) is 10.9. The summed E-state index contributed by atoms with van der Waals surface area (Å²) in [6, 6.07) is 3.29. The van der Waals surface area contributed by atoms with E-state index in [0.717, 1.165) is 0 Å². The van der Waals surface area contributed by atoms with E-state index in [9.17, 15) is 14.4 Å². The Labute approximate surface area is 194 Å². The minimum atomic E-state index is -0.581. The maximum absolute atomic E-state index is 13.2. The maximum atomic E-state index is 13.2. The number of nitrogens with one attached hydrogen (secondary N) is 2. The van der Waals surface area contributed by atoms with Crippen LogP contribution < -0.4 is 24.8 Å². The lowest BCUT2D eigenvalue weighted by Gasteiger charge is -2.32. The molecule has 1 atom stereocenters. The molecule has 184 valence electrons. The number of methoxy groups -OCH3 is 3. The van der Waals surface area contributed by atoms with Gasteiger partial charge < -0.3 is 34.5 Å². The van der Waals surface area contributed by atoms with Gasteiger partial charge in [0, 0.05) is 26.2 Å². The van der Waals surface area contributed by atoms with Crippen LogP contribution in [0.3, 0.4) is 0 Å². The van der Waals surface area contributed by atoms with Crippen LogP contribution >= 0.6 is 0 Å². The van der Waals surface area contributed by atoms with Crippen LogP contribution in [0.4, 0.5) is 4.79 Å². The number of hydrogen-bond acceptors (Lipinski definition) is 7. The fourth-order valence-corrected chi connectivity index (χ4v) is 3.62. The highest BCUT2D eigenvalue weighted by Gasteiger charge is 2.31. The summed E-state index contributed by atoms with van der Waals surface area (Å²) < 4.78 is 21.2. The maximum Gasteiger partial charge on any atom is 0.407 e. The van der Waals surface area contributed by atoms with Crippen molar-refractivity contribution in [2.75, 3.05) is 47.5 Å². The van der Waals surface area contributed by atoms with E-state index in [1.165, 1.54) is 21.3 Å². The average Bonchev–Trinajstić information content (AvgIpc) is 2.78. The molecule has 0 bridgehead atoms. The SMILES string of the molecule is COc1ccc(C(=O)N2CCCC(C(=O)NCCNC(=O)OC(C)(C)C)C2)c(OC)c1OC. The number of ether oxygens (including phenoxy) is 4. The van der Waals surface area contributed by atoms with Crippen LogP contribution in [0.1, 0.15) is 44.0 Å². The van der Waals surface area contributed by atoms with Gasteiger partial charge in [0.2, 0.25) is 11.7 Å². The Bertz CT molecular complexity index is 851. The third-order valence-electron chi connectivity index (χ3n) is 5.11. The van der Waals surface area contributed by atoms with Crippen LogP contribution in [0, 0.1) is 5.92 Å².